The zero-order valence-corrected chi connectivity index (χ0v) is 8.71. The maximum absolute atomic E-state index is 12.4. The lowest BCUT2D eigenvalue weighted by Gasteiger charge is -2.07. The number of nitrogens with zero attached hydrogens (tertiary/aromatic N) is 3. The van der Waals surface area contributed by atoms with Gasteiger partial charge in [0.05, 0.1) is 17.4 Å². The summed E-state index contributed by atoms with van der Waals surface area (Å²) in [6.07, 6.45) is -2.62. The highest BCUT2D eigenvalue weighted by molar-refractivity contribution is 5.67. The van der Waals surface area contributed by atoms with Gasteiger partial charge in [0.15, 0.2) is 0 Å². The van der Waals surface area contributed by atoms with E-state index in [4.69, 9.17) is 5.11 Å². The second-order valence-corrected chi connectivity index (χ2v) is 3.38. The fourth-order valence-corrected chi connectivity index (χ4v) is 1.26. The second-order valence-electron chi connectivity index (χ2n) is 3.38. The fraction of sp³-hybridized carbons (Fsp3) is 0.500. The average Bonchev–Trinajstić information content (AvgIpc) is 2.60. The molecule has 0 unspecified atom stereocenters. The monoisotopic (exact) mass is 249 g/mol. The minimum Gasteiger partial charge on any atom is -0.481 e. The van der Waals surface area contributed by atoms with Crippen molar-refractivity contribution in [1.82, 2.24) is 9.78 Å². The van der Waals surface area contributed by atoms with Crippen LogP contribution in [0.25, 0.3) is 0 Å². The third-order valence-electron chi connectivity index (χ3n) is 2.07. The van der Waals surface area contributed by atoms with Gasteiger partial charge in [-0.25, -0.2) is 8.78 Å². The minimum atomic E-state index is -3.08. The van der Waals surface area contributed by atoms with E-state index >= 15 is 0 Å². The van der Waals surface area contributed by atoms with E-state index in [-0.39, 0.29) is 6.42 Å². The van der Waals surface area contributed by atoms with Crippen LogP contribution in [0.15, 0.2) is 6.20 Å². The summed E-state index contributed by atoms with van der Waals surface area (Å²) in [4.78, 5) is 19.9. The van der Waals surface area contributed by atoms with E-state index in [0.717, 1.165) is 10.9 Å². The molecule has 0 bridgehead atoms. The quantitative estimate of drug-likeness (QED) is 0.633. The lowest BCUT2D eigenvalue weighted by molar-refractivity contribution is -0.386. The van der Waals surface area contributed by atoms with Crippen LogP contribution < -0.4 is 0 Å². The Morgan fingerprint density at radius 2 is 2.29 bits per heavy atom. The number of rotatable bonds is 5. The smallest absolute Gasteiger partial charge is 0.316 e. The normalized spacial score (nSPS) is 12.7. The number of nitro groups is 1. The molecule has 0 aliphatic heterocycles. The van der Waals surface area contributed by atoms with Crippen LogP contribution in [0.1, 0.15) is 31.5 Å². The van der Waals surface area contributed by atoms with E-state index < -0.39 is 34.7 Å². The molecule has 9 heteroatoms. The van der Waals surface area contributed by atoms with E-state index in [2.05, 4.69) is 5.10 Å². The third-order valence-corrected chi connectivity index (χ3v) is 2.07. The predicted octanol–water partition coefficient (Wildman–Crippen LogP) is 1.76. The highest BCUT2D eigenvalue weighted by Crippen LogP contribution is 2.28. The van der Waals surface area contributed by atoms with Crippen LogP contribution in [0.2, 0.25) is 0 Å². The van der Waals surface area contributed by atoms with Crippen molar-refractivity contribution in [2.75, 3.05) is 0 Å². The summed E-state index contributed by atoms with van der Waals surface area (Å²) in [5.41, 5.74) is -1.76. The molecule has 7 nitrogen and oxygen atoms in total. The molecule has 1 N–H and O–H groups in total. The molecule has 1 rings (SSSR count). The molecule has 1 atom stereocenters. The van der Waals surface area contributed by atoms with Gasteiger partial charge in [-0.3, -0.25) is 19.6 Å². The Morgan fingerprint density at radius 1 is 1.71 bits per heavy atom. The van der Waals surface area contributed by atoms with Gasteiger partial charge in [-0.1, -0.05) is 0 Å². The molecule has 0 amide bonds. The first kappa shape index (κ1) is 13.0. The maximum Gasteiger partial charge on any atom is 0.316 e. The molecule has 0 saturated carbocycles. The van der Waals surface area contributed by atoms with E-state index in [9.17, 15) is 23.7 Å². The van der Waals surface area contributed by atoms with Gasteiger partial charge in [-0.15, -0.1) is 0 Å². The van der Waals surface area contributed by atoms with Gasteiger partial charge in [-0.2, -0.15) is 5.10 Å². The predicted molar refractivity (Wildman–Crippen MR) is 50.8 cm³/mol. The highest BCUT2D eigenvalue weighted by Gasteiger charge is 2.28. The zero-order valence-electron chi connectivity index (χ0n) is 8.71. The molecule has 0 aliphatic rings. The molecular formula is C8H9F2N3O4. The number of carboxylic acid groups (broad SMARTS) is 1. The zero-order chi connectivity index (χ0) is 13.2. The number of hydrogen-bond acceptors (Lipinski definition) is 4. The van der Waals surface area contributed by atoms with Gasteiger partial charge in [0.2, 0.25) is 5.69 Å². The van der Waals surface area contributed by atoms with Crippen molar-refractivity contribution in [2.24, 2.45) is 0 Å². The van der Waals surface area contributed by atoms with E-state index in [1.165, 1.54) is 6.92 Å². The standard InChI is InChI=1S/C8H9F2N3O4/c1-4(2-6(14)15)12-3-5(13(16)17)7(11-12)8(9)10/h3-4,8H,2H2,1H3,(H,14,15)/t4-/m0/s1. The molecule has 17 heavy (non-hydrogen) atoms. The lowest BCUT2D eigenvalue weighted by atomic mass is 10.2. The largest absolute Gasteiger partial charge is 0.481 e. The molecule has 0 aromatic carbocycles. The van der Waals surface area contributed by atoms with Crippen LogP contribution in [0.4, 0.5) is 14.5 Å². The lowest BCUT2D eigenvalue weighted by Crippen LogP contribution is -2.11. The number of aromatic nitrogens is 2. The molecule has 0 fully saturated rings. The molecule has 0 saturated heterocycles. The Kier molecular flexibility index (Phi) is 3.71. The molecule has 0 aliphatic carbocycles. The van der Waals surface area contributed by atoms with Crippen molar-refractivity contribution >= 4 is 11.7 Å². The van der Waals surface area contributed by atoms with Crippen molar-refractivity contribution in [2.45, 2.75) is 25.8 Å². The van der Waals surface area contributed by atoms with Gasteiger partial charge in [0.1, 0.15) is 6.20 Å². The maximum atomic E-state index is 12.4. The van der Waals surface area contributed by atoms with Gasteiger partial charge >= 0.3 is 11.7 Å². The first-order valence-corrected chi connectivity index (χ1v) is 4.56. The second kappa shape index (κ2) is 4.85. The topological polar surface area (TPSA) is 98.3 Å². The first-order chi connectivity index (χ1) is 7.82. The molecule has 1 aromatic rings. The number of halogens is 2. The Labute approximate surface area is 93.8 Å². The third kappa shape index (κ3) is 2.95. The van der Waals surface area contributed by atoms with Crippen molar-refractivity contribution < 1.29 is 23.6 Å². The van der Waals surface area contributed by atoms with Crippen LogP contribution in [0.3, 0.4) is 0 Å². The van der Waals surface area contributed by atoms with Crippen LogP contribution >= 0.6 is 0 Å². The van der Waals surface area contributed by atoms with Crippen molar-refractivity contribution in [3.63, 3.8) is 0 Å². The summed E-state index contributed by atoms with van der Waals surface area (Å²) in [5.74, 6) is -1.14. The van der Waals surface area contributed by atoms with Gasteiger partial charge in [0, 0.05) is 0 Å². The molecular weight excluding hydrogens is 240 g/mol. The van der Waals surface area contributed by atoms with E-state index in [1.807, 2.05) is 0 Å². The first-order valence-electron chi connectivity index (χ1n) is 4.56. The molecule has 1 aromatic heterocycles. The highest BCUT2D eigenvalue weighted by atomic mass is 19.3. The van der Waals surface area contributed by atoms with Crippen LogP contribution in [-0.2, 0) is 4.79 Å². The van der Waals surface area contributed by atoms with Gasteiger partial charge in [0.25, 0.3) is 6.43 Å². The van der Waals surface area contributed by atoms with Crippen molar-refractivity contribution in [3.8, 4) is 0 Å². The van der Waals surface area contributed by atoms with Gasteiger partial charge in [-0.05, 0) is 6.92 Å². The Balaban J connectivity index is 3.07. The van der Waals surface area contributed by atoms with Crippen LogP contribution in [-0.4, -0.2) is 25.8 Å². The Bertz CT molecular complexity index is 446. The summed E-state index contributed by atoms with van der Waals surface area (Å²) in [6.45, 7) is 1.42. The van der Waals surface area contributed by atoms with Crippen molar-refractivity contribution in [3.05, 3.63) is 22.0 Å². The SMILES string of the molecule is C[C@@H](CC(=O)O)n1cc([N+](=O)[O-])c(C(F)F)n1. The number of carbonyl (C=O) groups is 1. The molecule has 0 spiro atoms. The number of hydrogen-bond donors (Lipinski definition) is 1. The van der Waals surface area contributed by atoms with E-state index in [1.54, 1.807) is 0 Å². The summed E-state index contributed by atoms with van der Waals surface area (Å²) < 4.78 is 25.7. The molecule has 1 heterocycles. The summed E-state index contributed by atoms with van der Waals surface area (Å²) in [5, 5.41) is 22.3. The number of alkyl halides is 2. The number of carboxylic acids is 1. The van der Waals surface area contributed by atoms with Crippen LogP contribution in [0.5, 0.6) is 0 Å². The summed E-state index contributed by atoms with van der Waals surface area (Å²) >= 11 is 0. The molecule has 94 valence electrons. The van der Waals surface area contributed by atoms with E-state index in [0.29, 0.717) is 0 Å². The average molecular weight is 249 g/mol. The number of aliphatic carboxylic acids is 1. The summed E-state index contributed by atoms with van der Waals surface area (Å²) in [6, 6.07) is -0.737. The summed E-state index contributed by atoms with van der Waals surface area (Å²) in [7, 11) is 0. The molecule has 0 radical (unpaired) electrons. The fourth-order valence-electron chi connectivity index (χ4n) is 1.26. The van der Waals surface area contributed by atoms with Gasteiger partial charge < -0.3 is 5.11 Å². The Hall–Kier alpha value is -2.06. The van der Waals surface area contributed by atoms with Crippen molar-refractivity contribution in [1.29, 1.82) is 0 Å². The Morgan fingerprint density at radius 3 is 2.65 bits per heavy atom. The van der Waals surface area contributed by atoms with Crippen LogP contribution in [0, 0.1) is 10.1 Å². The minimum absolute atomic E-state index is 0.360.